The molecular weight excluding hydrogens is 238 g/mol. The lowest BCUT2D eigenvalue weighted by atomic mass is 10.2. The summed E-state index contributed by atoms with van der Waals surface area (Å²) >= 11 is 0. The van der Waals surface area contributed by atoms with E-state index in [0.29, 0.717) is 5.82 Å². The Morgan fingerprint density at radius 2 is 1.74 bits per heavy atom. The molecule has 102 valence electrons. The summed E-state index contributed by atoms with van der Waals surface area (Å²) in [7, 11) is 3.80. The number of aliphatic hydroxyl groups excluding tert-OH is 1. The zero-order valence-electron chi connectivity index (χ0n) is 12.0. The number of hydrogen-bond acceptors (Lipinski definition) is 4. The largest absolute Gasteiger partial charge is 0.391 e. The van der Waals surface area contributed by atoms with E-state index in [1.807, 2.05) is 63.2 Å². The summed E-state index contributed by atoms with van der Waals surface area (Å²) in [6.45, 7) is 3.95. The average molecular weight is 259 g/mol. The zero-order valence-corrected chi connectivity index (χ0v) is 12.0. The Morgan fingerprint density at radius 1 is 1.11 bits per heavy atom. The van der Waals surface area contributed by atoms with Gasteiger partial charge in [-0.25, -0.2) is 9.97 Å². The molecule has 4 heteroatoms. The highest BCUT2D eigenvalue weighted by Gasteiger charge is 2.09. The molecule has 2 aromatic rings. The second-order valence-electron chi connectivity index (χ2n) is 3.96. The van der Waals surface area contributed by atoms with Crippen LogP contribution in [0.15, 0.2) is 36.5 Å². The normalized spacial score (nSPS) is 9.53. The van der Waals surface area contributed by atoms with Gasteiger partial charge in [0, 0.05) is 31.4 Å². The van der Waals surface area contributed by atoms with Crippen LogP contribution in [0.5, 0.6) is 0 Å². The molecule has 2 rings (SSSR count). The standard InChI is InChI=1S/C13H15N3O.C2H6/c1-16(2)13-11(9-17)8-14-12(15-13)10-6-4-3-5-7-10;1-2/h3-8,17H,9H2,1-2H3;1-2H3. The maximum Gasteiger partial charge on any atom is 0.161 e. The van der Waals surface area contributed by atoms with Crippen molar-refractivity contribution in [3.05, 3.63) is 42.1 Å². The molecule has 0 aliphatic carbocycles. The summed E-state index contributed by atoms with van der Waals surface area (Å²) in [4.78, 5) is 10.6. The number of nitrogens with zero attached hydrogens (tertiary/aromatic N) is 3. The van der Waals surface area contributed by atoms with E-state index >= 15 is 0 Å². The zero-order chi connectivity index (χ0) is 14.3. The third-order valence-corrected chi connectivity index (χ3v) is 2.47. The first-order valence-corrected chi connectivity index (χ1v) is 6.42. The molecule has 0 aliphatic heterocycles. The van der Waals surface area contributed by atoms with E-state index in [-0.39, 0.29) is 6.61 Å². The highest BCUT2D eigenvalue weighted by Crippen LogP contribution is 2.20. The number of hydrogen-bond donors (Lipinski definition) is 1. The number of benzene rings is 1. The second kappa shape index (κ2) is 7.48. The Balaban J connectivity index is 0.000000861. The van der Waals surface area contributed by atoms with Crippen LogP contribution in [-0.4, -0.2) is 29.2 Å². The topological polar surface area (TPSA) is 49.2 Å². The van der Waals surface area contributed by atoms with Gasteiger partial charge in [0.05, 0.1) is 6.61 Å². The molecule has 1 N–H and O–H groups in total. The SMILES string of the molecule is CC.CN(C)c1nc(-c2ccccc2)ncc1CO. The predicted molar refractivity (Wildman–Crippen MR) is 79.1 cm³/mol. The van der Waals surface area contributed by atoms with Crippen LogP contribution in [0.1, 0.15) is 19.4 Å². The Labute approximate surface area is 114 Å². The quantitative estimate of drug-likeness (QED) is 0.920. The molecule has 0 bridgehead atoms. The Bertz CT molecular complexity index is 498. The van der Waals surface area contributed by atoms with Gasteiger partial charge in [0.2, 0.25) is 0 Å². The number of rotatable bonds is 3. The van der Waals surface area contributed by atoms with Gasteiger partial charge in [0.15, 0.2) is 5.82 Å². The van der Waals surface area contributed by atoms with Crippen LogP contribution in [0.2, 0.25) is 0 Å². The van der Waals surface area contributed by atoms with Crippen molar-refractivity contribution in [3.63, 3.8) is 0 Å². The van der Waals surface area contributed by atoms with Crippen LogP contribution in [0.4, 0.5) is 5.82 Å². The van der Waals surface area contributed by atoms with Crippen LogP contribution in [0, 0.1) is 0 Å². The molecule has 0 saturated carbocycles. The van der Waals surface area contributed by atoms with Crippen molar-refractivity contribution in [2.45, 2.75) is 20.5 Å². The van der Waals surface area contributed by atoms with Gasteiger partial charge in [-0.3, -0.25) is 0 Å². The first kappa shape index (κ1) is 15.1. The van der Waals surface area contributed by atoms with Gasteiger partial charge in [-0.2, -0.15) is 0 Å². The van der Waals surface area contributed by atoms with E-state index in [0.717, 1.165) is 16.9 Å². The van der Waals surface area contributed by atoms with Crippen LogP contribution in [-0.2, 0) is 6.61 Å². The van der Waals surface area contributed by atoms with Crippen LogP contribution < -0.4 is 4.90 Å². The van der Waals surface area contributed by atoms with Gasteiger partial charge in [-0.1, -0.05) is 44.2 Å². The van der Waals surface area contributed by atoms with Crippen molar-refractivity contribution >= 4 is 5.82 Å². The van der Waals surface area contributed by atoms with Crippen LogP contribution >= 0.6 is 0 Å². The molecule has 0 spiro atoms. The summed E-state index contributed by atoms with van der Waals surface area (Å²) in [5.74, 6) is 1.42. The third-order valence-electron chi connectivity index (χ3n) is 2.47. The van der Waals surface area contributed by atoms with E-state index < -0.39 is 0 Å². The van der Waals surface area contributed by atoms with Gasteiger partial charge in [-0.05, 0) is 0 Å². The van der Waals surface area contributed by atoms with Gasteiger partial charge in [0.1, 0.15) is 5.82 Å². The Morgan fingerprint density at radius 3 is 2.26 bits per heavy atom. The van der Waals surface area contributed by atoms with Gasteiger partial charge in [0.25, 0.3) is 0 Å². The van der Waals surface area contributed by atoms with Gasteiger partial charge < -0.3 is 10.0 Å². The molecule has 0 aliphatic rings. The van der Waals surface area contributed by atoms with Crippen molar-refractivity contribution < 1.29 is 5.11 Å². The second-order valence-corrected chi connectivity index (χ2v) is 3.96. The molecule has 1 aromatic heterocycles. The molecule has 19 heavy (non-hydrogen) atoms. The molecule has 0 atom stereocenters. The molecule has 1 heterocycles. The van der Waals surface area contributed by atoms with Crippen molar-refractivity contribution in [1.29, 1.82) is 0 Å². The minimum absolute atomic E-state index is 0.0530. The highest BCUT2D eigenvalue weighted by atomic mass is 16.3. The molecule has 1 aromatic carbocycles. The fourth-order valence-electron chi connectivity index (χ4n) is 1.62. The fraction of sp³-hybridized carbons (Fsp3) is 0.333. The monoisotopic (exact) mass is 259 g/mol. The fourth-order valence-corrected chi connectivity index (χ4v) is 1.62. The molecule has 0 radical (unpaired) electrons. The van der Waals surface area contributed by atoms with E-state index in [1.165, 1.54) is 0 Å². The summed E-state index contributed by atoms with van der Waals surface area (Å²) in [6.07, 6.45) is 1.67. The van der Waals surface area contributed by atoms with Crippen LogP contribution in [0.3, 0.4) is 0 Å². The summed E-state index contributed by atoms with van der Waals surface area (Å²) in [5.41, 5.74) is 1.70. The van der Waals surface area contributed by atoms with Crippen molar-refractivity contribution in [3.8, 4) is 11.4 Å². The van der Waals surface area contributed by atoms with Crippen LogP contribution in [0.25, 0.3) is 11.4 Å². The number of aliphatic hydroxyl groups is 1. The Hall–Kier alpha value is -1.94. The summed E-state index contributed by atoms with van der Waals surface area (Å²) < 4.78 is 0. The molecule has 0 fully saturated rings. The summed E-state index contributed by atoms with van der Waals surface area (Å²) in [5, 5.41) is 9.22. The molecule has 4 nitrogen and oxygen atoms in total. The molecule has 0 saturated heterocycles. The number of anilines is 1. The van der Waals surface area contributed by atoms with E-state index in [2.05, 4.69) is 9.97 Å². The van der Waals surface area contributed by atoms with E-state index in [1.54, 1.807) is 6.20 Å². The summed E-state index contributed by atoms with van der Waals surface area (Å²) in [6, 6.07) is 9.79. The van der Waals surface area contributed by atoms with E-state index in [9.17, 15) is 5.11 Å². The first-order valence-electron chi connectivity index (χ1n) is 6.42. The van der Waals surface area contributed by atoms with Crippen molar-refractivity contribution in [1.82, 2.24) is 9.97 Å². The lowest BCUT2D eigenvalue weighted by molar-refractivity contribution is 0.281. The van der Waals surface area contributed by atoms with Crippen molar-refractivity contribution in [2.24, 2.45) is 0 Å². The first-order chi connectivity index (χ1) is 9.22. The molecular formula is C15H21N3O. The minimum atomic E-state index is -0.0530. The maximum atomic E-state index is 9.22. The lowest BCUT2D eigenvalue weighted by Crippen LogP contribution is -2.14. The predicted octanol–water partition coefficient (Wildman–Crippen LogP) is 2.73. The smallest absolute Gasteiger partial charge is 0.161 e. The molecule has 0 unspecified atom stereocenters. The Kier molecular flexibility index (Phi) is 5.96. The van der Waals surface area contributed by atoms with Gasteiger partial charge >= 0.3 is 0 Å². The highest BCUT2D eigenvalue weighted by molar-refractivity contribution is 5.58. The number of aromatic nitrogens is 2. The van der Waals surface area contributed by atoms with Gasteiger partial charge in [-0.15, -0.1) is 0 Å². The van der Waals surface area contributed by atoms with E-state index in [4.69, 9.17) is 0 Å². The minimum Gasteiger partial charge on any atom is -0.391 e. The third kappa shape index (κ3) is 3.76. The molecule has 0 amide bonds. The lowest BCUT2D eigenvalue weighted by Gasteiger charge is -2.15. The maximum absolute atomic E-state index is 9.22. The average Bonchev–Trinajstić information content (AvgIpc) is 2.49. The van der Waals surface area contributed by atoms with Crippen molar-refractivity contribution in [2.75, 3.05) is 19.0 Å².